The Labute approximate surface area is 117 Å². The van der Waals surface area contributed by atoms with E-state index in [4.69, 9.17) is 21.1 Å². The highest BCUT2D eigenvalue weighted by molar-refractivity contribution is 6.30. The number of aliphatic hydroxyl groups excluding tert-OH is 1. The molecule has 0 radical (unpaired) electrons. The monoisotopic (exact) mass is 284 g/mol. The summed E-state index contributed by atoms with van der Waals surface area (Å²) in [5, 5.41) is 10.5. The minimum Gasteiger partial charge on any atom is -0.487 e. The molecule has 0 spiro atoms. The van der Waals surface area contributed by atoms with Gasteiger partial charge in [-0.05, 0) is 38.5 Å². The van der Waals surface area contributed by atoms with Crippen molar-refractivity contribution in [3.63, 3.8) is 0 Å². The van der Waals surface area contributed by atoms with Crippen LogP contribution in [-0.4, -0.2) is 23.3 Å². The largest absolute Gasteiger partial charge is 0.487 e. The third-order valence-electron chi connectivity index (χ3n) is 2.96. The van der Waals surface area contributed by atoms with Crippen molar-refractivity contribution < 1.29 is 19.4 Å². The Kier molecular flexibility index (Phi) is 3.74. The zero-order chi connectivity index (χ0) is 14.2. The van der Waals surface area contributed by atoms with Crippen LogP contribution in [0.4, 0.5) is 0 Å². The van der Waals surface area contributed by atoms with Crippen molar-refractivity contribution in [1.82, 2.24) is 0 Å². The zero-order valence-electron chi connectivity index (χ0n) is 11.2. The zero-order valence-corrected chi connectivity index (χ0v) is 12.0. The fourth-order valence-corrected chi connectivity index (χ4v) is 2.50. The third-order valence-corrected chi connectivity index (χ3v) is 3.18. The molecule has 0 bridgehead atoms. The molecular formula is C14H17ClO4. The molecule has 0 aliphatic carbocycles. The molecule has 1 aromatic rings. The number of carbonyl (C=O) groups excluding carboxylic acids is 1. The fraction of sp³-hybridized carbons (Fsp3) is 0.500. The van der Waals surface area contributed by atoms with Gasteiger partial charge in [-0.3, -0.25) is 0 Å². The van der Waals surface area contributed by atoms with Gasteiger partial charge in [-0.15, -0.1) is 0 Å². The normalized spacial score (nSPS) is 17.5. The molecule has 4 nitrogen and oxygen atoms in total. The van der Waals surface area contributed by atoms with Crippen LogP contribution in [-0.2, 0) is 16.0 Å². The average Bonchev–Trinajstić information content (AvgIpc) is 2.61. The molecule has 1 aliphatic rings. The molecule has 1 aliphatic heterocycles. The average molecular weight is 285 g/mol. The number of halogens is 1. The van der Waals surface area contributed by atoms with E-state index in [0.717, 1.165) is 5.56 Å². The molecule has 104 valence electrons. The molecule has 1 atom stereocenters. The van der Waals surface area contributed by atoms with Crippen LogP contribution in [0.5, 0.6) is 5.75 Å². The van der Waals surface area contributed by atoms with Crippen molar-refractivity contribution in [2.45, 2.75) is 38.9 Å². The summed E-state index contributed by atoms with van der Waals surface area (Å²) in [5.74, 6) is -0.157. The van der Waals surface area contributed by atoms with Gasteiger partial charge in [0.15, 0.2) is 6.10 Å². The minimum atomic E-state index is -1.37. The molecule has 1 N–H and O–H groups in total. The Morgan fingerprint density at radius 3 is 2.89 bits per heavy atom. The van der Waals surface area contributed by atoms with Gasteiger partial charge >= 0.3 is 5.97 Å². The first kappa shape index (κ1) is 14.2. The van der Waals surface area contributed by atoms with Gasteiger partial charge in [0, 0.05) is 17.0 Å². The quantitative estimate of drug-likeness (QED) is 0.867. The molecule has 1 aromatic carbocycles. The highest BCUT2D eigenvalue weighted by Gasteiger charge is 2.35. The maximum atomic E-state index is 11.6. The Morgan fingerprint density at radius 1 is 1.58 bits per heavy atom. The smallest absolute Gasteiger partial charge is 0.339 e. The summed E-state index contributed by atoms with van der Waals surface area (Å²) in [7, 11) is 0. The van der Waals surface area contributed by atoms with Crippen molar-refractivity contribution in [3.05, 3.63) is 28.3 Å². The molecule has 0 saturated carbocycles. The molecule has 0 saturated heterocycles. The maximum Gasteiger partial charge on any atom is 0.339 e. The summed E-state index contributed by atoms with van der Waals surface area (Å²) in [4.78, 5) is 11.6. The van der Waals surface area contributed by atoms with Gasteiger partial charge in [0.1, 0.15) is 11.4 Å². The number of hydrogen-bond donors (Lipinski definition) is 1. The lowest BCUT2D eigenvalue weighted by Crippen LogP contribution is -2.25. The minimum absolute atomic E-state index is 0.213. The number of carbonyl (C=O) groups is 1. The summed E-state index contributed by atoms with van der Waals surface area (Å²) >= 11 is 6.03. The van der Waals surface area contributed by atoms with E-state index in [1.165, 1.54) is 0 Å². The van der Waals surface area contributed by atoms with Crippen LogP contribution >= 0.6 is 11.6 Å². The standard InChI is InChI=1S/C14H17ClO4/c1-4-18-13(17)11(16)10-6-9(15)5-8-7-14(2,3)19-12(8)10/h5-6,11,16H,4,7H2,1-3H3. The number of fused-ring (bicyclic) bond motifs is 1. The molecule has 19 heavy (non-hydrogen) atoms. The number of ether oxygens (including phenoxy) is 2. The summed E-state index contributed by atoms with van der Waals surface area (Å²) < 4.78 is 10.6. The Balaban J connectivity index is 2.40. The van der Waals surface area contributed by atoms with Crippen LogP contribution in [0.2, 0.25) is 5.02 Å². The number of hydrogen-bond acceptors (Lipinski definition) is 4. The van der Waals surface area contributed by atoms with Crippen LogP contribution in [0, 0.1) is 0 Å². The first-order chi connectivity index (χ1) is 8.84. The topological polar surface area (TPSA) is 55.8 Å². The van der Waals surface area contributed by atoms with Gasteiger partial charge < -0.3 is 14.6 Å². The van der Waals surface area contributed by atoms with Gasteiger partial charge in [-0.2, -0.15) is 0 Å². The number of aliphatic hydroxyl groups is 1. The molecule has 0 amide bonds. The Bertz CT molecular complexity index is 510. The lowest BCUT2D eigenvalue weighted by atomic mass is 9.99. The molecule has 5 heteroatoms. The molecule has 0 fully saturated rings. The first-order valence-corrected chi connectivity index (χ1v) is 6.58. The second-order valence-electron chi connectivity index (χ2n) is 5.18. The van der Waals surface area contributed by atoms with Crippen LogP contribution in [0.25, 0.3) is 0 Å². The number of benzene rings is 1. The van der Waals surface area contributed by atoms with E-state index in [-0.39, 0.29) is 12.2 Å². The van der Waals surface area contributed by atoms with Gasteiger partial charge in [-0.1, -0.05) is 11.6 Å². The van der Waals surface area contributed by atoms with Crippen LogP contribution in [0.15, 0.2) is 12.1 Å². The van der Waals surface area contributed by atoms with E-state index < -0.39 is 12.1 Å². The molecular weight excluding hydrogens is 268 g/mol. The SMILES string of the molecule is CCOC(=O)C(O)c1cc(Cl)cc2c1OC(C)(C)C2. The van der Waals surface area contributed by atoms with E-state index in [0.29, 0.717) is 22.8 Å². The third kappa shape index (κ3) is 2.85. The van der Waals surface area contributed by atoms with E-state index in [9.17, 15) is 9.90 Å². The lowest BCUT2D eigenvalue weighted by molar-refractivity contribution is -0.153. The van der Waals surface area contributed by atoms with Crippen molar-refractivity contribution in [2.24, 2.45) is 0 Å². The Hall–Kier alpha value is -1.26. The maximum absolute atomic E-state index is 11.6. The highest BCUT2D eigenvalue weighted by Crippen LogP contribution is 2.42. The van der Waals surface area contributed by atoms with Crippen LogP contribution in [0.3, 0.4) is 0 Å². The van der Waals surface area contributed by atoms with Crippen molar-refractivity contribution in [1.29, 1.82) is 0 Å². The first-order valence-electron chi connectivity index (χ1n) is 6.20. The predicted molar refractivity (Wildman–Crippen MR) is 71.5 cm³/mol. The van der Waals surface area contributed by atoms with Gasteiger partial charge in [0.2, 0.25) is 0 Å². The van der Waals surface area contributed by atoms with Crippen molar-refractivity contribution in [3.8, 4) is 5.75 Å². The second kappa shape index (κ2) is 5.02. The van der Waals surface area contributed by atoms with Crippen LogP contribution < -0.4 is 4.74 Å². The van der Waals surface area contributed by atoms with E-state index in [1.54, 1.807) is 19.1 Å². The van der Waals surface area contributed by atoms with Gasteiger partial charge in [0.05, 0.1) is 6.61 Å². The van der Waals surface area contributed by atoms with E-state index in [2.05, 4.69) is 0 Å². The fourth-order valence-electron chi connectivity index (χ4n) is 2.25. The molecule has 1 heterocycles. The lowest BCUT2D eigenvalue weighted by Gasteiger charge is -2.19. The molecule has 1 unspecified atom stereocenters. The highest BCUT2D eigenvalue weighted by atomic mass is 35.5. The molecule has 2 rings (SSSR count). The summed E-state index contributed by atoms with van der Waals surface area (Å²) in [6, 6.07) is 3.34. The van der Waals surface area contributed by atoms with Crippen molar-refractivity contribution in [2.75, 3.05) is 6.61 Å². The summed E-state index contributed by atoms with van der Waals surface area (Å²) in [5.41, 5.74) is 0.901. The summed E-state index contributed by atoms with van der Waals surface area (Å²) in [6.45, 7) is 5.79. The predicted octanol–water partition coefficient (Wildman–Crippen LogP) is 2.65. The van der Waals surface area contributed by atoms with Gasteiger partial charge in [0.25, 0.3) is 0 Å². The summed E-state index contributed by atoms with van der Waals surface area (Å²) in [6.07, 6.45) is -0.688. The van der Waals surface area contributed by atoms with Crippen molar-refractivity contribution >= 4 is 17.6 Å². The number of esters is 1. The van der Waals surface area contributed by atoms with Crippen LogP contribution in [0.1, 0.15) is 38.0 Å². The second-order valence-corrected chi connectivity index (χ2v) is 5.61. The Morgan fingerprint density at radius 2 is 2.26 bits per heavy atom. The molecule has 0 aromatic heterocycles. The number of rotatable bonds is 3. The van der Waals surface area contributed by atoms with E-state index in [1.807, 2.05) is 13.8 Å². The van der Waals surface area contributed by atoms with Gasteiger partial charge in [-0.25, -0.2) is 4.79 Å². The van der Waals surface area contributed by atoms with E-state index >= 15 is 0 Å².